The molecule has 1 aromatic carbocycles. The molecule has 144 valence electrons. The summed E-state index contributed by atoms with van der Waals surface area (Å²) in [6.45, 7) is 9.45. The van der Waals surface area contributed by atoms with Gasteiger partial charge in [0, 0.05) is 24.7 Å². The summed E-state index contributed by atoms with van der Waals surface area (Å²) >= 11 is 0. The van der Waals surface area contributed by atoms with Gasteiger partial charge in [-0.3, -0.25) is 9.59 Å². The molecule has 1 rings (SSSR count). The Bertz CT molecular complexity index is 610. The van der Waals surface area contributed by atoms with Gasteiger partial charge >= 0.3 is 5.97 Å². The van der Waals surface area contributed by atoms with Crippen LogP contribution in [0.15, 0.2) is 30.3 Å². The summed E-state index contributed by atoms with van der Waals surface area (Å²) < 4.78 is 10.5. The third kappa shape index (κ3) is 7.30. The fourth-order valence-corrected chi connectivity index (χ4v) is 2.53. The van der Waals surface area contributed by atoms with Crippen molar-refractivity contribution in [2.75, 3.05) is 26.8 Å². The molecule has 0 bridgehead atoms. The maximum atomic E-state index is 12.7. The van der Waals surface area contributed by atoms with Crippen LogP contribution >= 0.6 is 0 Å². The van der Waals surface area contributed by atoms with Crippen molar-refractivity contribution in [2.45, 2.75) is 34.1 Å². The van der Waals surface area contributed by atoms with Crippen molar-refractivity contribution >= 4 is 18.0 Å². The number of para-hydroxylation sites is 1. The van der Waals surface area contributed by atoms with Crippen LogP contribution in [0.25, 0.3) is 6.08 Å². The summed E-state index contributed by atoms with van der Waals surface area (Å²) in [6.07, 6.45) is 4.23. The molecule has 1 atom stereocenters. The van der Waals surface area contributed by atoms with Crippen LogP contribution in [-0.4, -0.2) is 43.6 Å². The lowest BCUT2D eigenvalue weighted by atomic mass is 10.1. The van der Waals surface area contributed by atoms with Crippen molar-refractivity contribution in [1.82, 2.24) is 4.90 Å². The molecule has 0 saturated carbocycles. The van der Waals surface area contributed by atoms with Gasteiger partial charge in [-0.1, -0.05) is 45.9 Å². The van der Waals surface area contributed by atoms with E-state index in [1.165, 1.54) is 7.11 Å². The maximum Gasteiger partial charge on any atom is 0.310 e. The molecule has 0 heterocycles. The number of benzene rings is 1. The lowest BCUT2D eigenvalue weighted by Crippen LogP contribution is -2.38. The zero-order valence-corrected chi connectivity index (χ0v) is 16.5. The Morgan fingerprint density at radius 3 is 2.46 bits per heavy atom. The van der Waals surface area contributed by atoms with E-state index >= 15 is 0 Å². The molecule has 0 radical (unpaired) electrons. The van der Waals surface area contributed by atoms with E-state index in [0.29, 0.717) is 25.6 Å². The number of hydrogen-bond acceptors (Lipinski definition) is 4. The van der Waals surface area contributed by atoms with Crippen molar-refractivity contribution in [3.63, 3.8) is 0 Å². The monoisotopic (exact) mass is 361 g/mol. The molecule has 0 spiro atoms. The second kappa shape index (κ2) is 11.3. The molecule has 1 unspecified atom stereocenters. The van der Waals surface area contributed by atoms with Crippen LogP contribution in [0.3, 0.4) is 0 Å². The maximum absolute atomic E-state index is 12.7. The van der Waals surface area contributed by atoms with E-state index in [4.69, 9.17) is 9.47 Å². The summed E-state index contributed by atoms with van der Waals surface area (Å²) in [4.78, 5) is 26.0. The summed E-state index contributed by atoms with van der Waals surface area (Å²) in [5, 5.41) is 0. The van der Waals surface area contributed by atoms with E-state index < -0.39 is 0 Å². The number of methoxy groups -OCH3 is 1. The molecule has 0 aliphatic rings. The Balaban J connectivity index is 2.88. The minimum absolute atomic E-state index is 0.125. The summed E-state index contributed by atoms with van der Waals surface area (Å²) in [6, 6.07) is 7.63. The SMILES string of the molecule is CCCOc1ccccc1/C=C/C(=O)N(CC(C)C)CC(C)C(=O)OC. The molecule has 0 aliphatic carbocycles. The number of hydrogen-bond donors (Lipinski definition) is 0. The molecule has 0 N–H and O–H groups in total. The van der Waals surface area contributed by atoms with Crippen molar-refractivity contribution in [2.24, 2.45) is 11.8 Å². The van der Waals surface area contributed by atoms with Crippen LogP contribution in [0.4, 0.5) is 0 Å². The number of carbonyl (C=O) groups excluding carboxylic acids is 2. The number of ether oxygens (including phenoxy) is 2. The normalized spacial score (nSPS) is 12.2. The Labute approximate surface area is 157 Å². The van der Waals surface area contributed by atoms with Gasteiger partial charge in [-0.05, 0) is 24.5 Å². The number of amides is 1. The van der Waals surface area contributed by atoms with Crippen molar-refractivity contribution in [1.29, 1.82) is 0 Å². The molecule has 0 aromatic heterocycles. The van der Waals surface area contributed by atoms with Crippen LogP contribution in [0, 0.1) is 11.8 Å². The Morgan fingerprint density at radius 1 is 1.15 bits per heavy atom. The highest BCUT2D eigenvalue weighted by Crippen LogP contribution is 2.20. The van der Waals surface area contributed by atoms with E-state index in [-0.39, 0.29) is 17.8 Å². The molecule has 1 amide bonds. The highest BCUT2D eigenvalue weighted by molar-refractivity contribution is 5.92. The summed E-state index contributed by atoms with van der Waals surface area (Å²) in [5.74, 6) is 0.263. The van der Waals surface area contributed by atoms with Gasteiger partial charge < -0.3 is 14.4 Å². The molecule has 0 fully saturated rings. The van der Waals surface area contributed by atoms with Gasteiger partial charge in [0.2, 0.25) is 5.91 Å². The van der Waals surface area contributed by atoms with Gasteiger partial charge in [-0.2, -0.15) is 0 Å². The van der Waals surface area contributed by atoms with Crippen molar-refractivity contribution in [3.05, 3.63) is 35.9 Å². The first kappa shape index (κ1) is 21.7. The summed E-state index contributed by atoms with van der Waals surface area (Å²) in [7, 11) is 1.36. The van der Waals surface area contributed by atoms with Gasteiger partial charge in [0.25, 0.3) is 0 Å². The number of nitrogens with zero attached hydrogens (tertiary/aromatic N) is 1. The largest absolute Gasteiger partial charge is 0.493 e. The number of esters is 1. The van der Waals surface area contributed by atoms with E-state index in [2.05, 4.69) is 0 Å². The second-order valence-corrected chi connectivity index (χ2v) is 6.78. The summed E-state index contributed by atoms with van der Waals surface area (Å²) in [5.41, 5.74) is 0.861. The second-order valence-electron chi connectivity index (χ2n) is 6.78. The third-order valence-corrected chi connectivity index (χ3v) is 3.78. The third-order valence-electron chi connectivity index (χ3n) is 3.78. The number of rotatable bonds is 10. The first-order valence-electron chi connectivity index (χ1n) is 9.15. The molecular formula is C21H31NO4. The Kier molecular flexibility index (Phi) is 9.48. The fraction of sp³-hybridized carbons (Fsp3) is 0.524. The first-order valence-corrected chi connectivity index (χ1v) is 9.15. The van der Waals surface area contributed by atoms with Crippen LogP contribution in [0.2, 0.25) is 0 Å². The zero-order valence-electron chi connectivity index (χ0n) is 16.5. The molecular weight excluding hydrogens is 330 g/mol. The highest BCUT2D eigenvalue weighted by Gasteiger charge is 2.21. The van der Waals surface area contributed by atoms with Gasteiger partial charge in [0.05, 0.1) is 19.6 Å². The topological polar surface area (TPSA) is 55.8 Å². The molecule has 0 saturated heterocycles. The Hall–Kier alpha value is -2.30. The van der Waals surface area contributed by atoms with Gasteiger partial charge in [0.1, 0.15) is 5.75 Å². The lowest BCUT2D eigenvalue weighted by molar-refractivity contribution is -0.146. The Morgan fingerprint density at radius 2 is 1.85 bits per heavy atom. The standard InChI is InChI=1S/C21H31NO4/c1-6-13-26-19-10-8-7-9-18(19)11-12-20(23)22(14-16(2)3)15-17(4)21(24)25-5/h7-12,16-17H,6,13-15H2,1-5H3/b12-11+. The van der Waals surface area contributed by atoms with Crippen LogP contribution < -0.4 is 4.74 Å². The lowest BCUT2D eigenvalue weighted by Gasteiger charge is -2.25. The minimum atomic E-state index is -0.365. The van der Waals surface area contributed by atoms with Crippen LogP contribution in [0.1, 0.15) is 39.7 Å². The van der Waals surface area contributed by atoms with E-state index in [1.54, 1.807) is 24.0 Å². The minimum Gasteiger partial charge on any atom is -0.493 e. The van der Waals surface area contributed by atoms with Crippen LogP contribution in [0.5, 0.6) is 5.75 Å². The molecule has 5 heteroatoms. The first-order chi connectivity index (χ1) is 12.4. The van der Waals surface area contributed by atoms with E-state index in [9.17, 15) is 9.59 Å². The van der Waals surface area contributed by atoms with Gasteiger partial charge in [-0.15, -0.1) is 0 Å². The molecule has 1 aromatic rings. The van der Waals surface area contributed by atoms with E-state index in [1.807, 2.05) is 45.0 Å². The average molecular weight is 361 g/mol. The highest BCUT2D eigenvalue weighted by atomic mass is 16.5. The van der Waals surface area contributed by atoms with Gasteiger partial charge in [-0.25, -0.2) is 0 Å². The molecule has 5 nitrogen and oxygen atoms in total. The predicted octanol–water partition coefficient (Wildman–Crippen LogP) is 3.78. The zero-order chi connectivity index (χ0) is 19.5. The van der Waals surface area contributed by atoms with Crippen LogP contribution in [-0.2, 0) is 14.3 Å². The molecule has 26 heavy (non-hydrogen) atoms. The van der Waals surface area contributed by atoms with Crippen molar-refractivity contribution in [3.8, 4) is 5.75 Å². The smallest absolute Gasteiger partial charge is 0.310 e. The van der Waals surface area contributed by atoms with E-state index in [0.717, 1.165) is 17.7 Å². The molecule has 0 aliphatic heterocycles. The predicted molar refractivity (Wildman–Crippen MR) is 104 cm³/mol. The number of carbonyl (C=O) groups is 2. The van der Waals surface area contributed by atoms with Crippen molar-refractivity contribution < 1.29 is 19.1 Å². The average Bonchev–Trinajstić information content (AvgIpc) is 2.63. The fourth-order valence-electron chi connectivity index (χ4n) is 2.53. The van der Waals surface area contributed by atoms with Gasteiger partial charge in [0.15, 0.2) is 0 Å². The quantitative estimate of drug-likeness (QED) is 0.470.